The summed E-state index contributed by atoms with van der Waals surface area (Å²) in [5, 5.41) is 0. The molecule has 0 N–H and O–H groups in total. The normalized spacial score (nSPS) is 10.8. The molecular weight excluding hydrogens is 374 g/mol. The zero-order valence-electron chi connectivity index (χ0n) is 22.9. The molecule has 1 aromatic carbocycles. The molecule has 0 aliphatic rings. The second-order valence-electron chi connectivity index (χ2n) is 7.56. The third-order valence-corrected chi connectivity index (χ3v) is 3.93. The van der Waals surface area contributed by atoms with E-state index in [1.165, 1.54) is 16.8 Å². The van der Waals surface area contributed by atoms with Crippen LogP contribution in [0.25, 0.3) is 6.08 Å². The predicted molar refractivity (Wildman–Crippen MR) is 149 cm³/mol. The van der Waals surface area contributed by atoms with Crippen LogP contribution in [0.3, 0.4) is 0 Å². The Kier molecular flexibility index (Phi) is 24.6. The van der Waals surface area contributed by atoms with Crippen LogP contribution in [0.2, 0.25) is 0 Å². The molecule has 0 aromatic heterocycles. The van der Waals surface area contributed by atoms with Crippen molar-refractivity contribution in [2.75, 3.05) is 18.0 Å². The molecule has 0 bridgehead atoms. The lowest BCUT2D eigenvalue weighted by Gasteiger charge is -2.28. The Morgan fingerprint density at radius 3 is 1.65 bits per heavy atom. The van der Waals surface area contributed by atoms with E-state index in [0.717, 1.165) is 18.7 Å². The van der Waals surface area contributed by atoms with Crippen LogP contribution in [-0.2, 0) is 0 Å². The van der Waals surface area contributed by atoms with Crippen molar-refractivity contribution in [3.05, 3.63) is 71.9 Å². The fraction of sp³-hybridized carbons (Fsp3) is 0.533. The summed E-state index contributed by atoms with van der Waals surface area (Å²) in [5.41, 5.74) is 4.76. The zero-order valence-corrected chi connectivity index (χ0v) is 22.9. The lowest BCUT2D eigenvalue weighted by molar-refractivity contribution is 0.553. The Balaban J connectivity index is -0.00000120. The number of nitrogens with zero attached hydrogens (tertiary/aromatic N) is 1. The molecule has 0 atom stereocenters. The molecule has 1 nitrogen and oxygen atoms in total. The minimum absolute atomic E-state index is 0.661. The fourth-order valence-electron chi connectivity index (χ4n) is 2.56. The summed E-state index contributed by atoms with van der Waals surface area (Å²) in [6.07, 6.45) is 10.4. The van der Waals surface area contributed by atoms with Crippen molar-refractivity contribution in [2.45, 2.75) is 83.1 Å². The molecule has 0 amide bonds. The topological polar surface area (TPSA) is 3.24 Å². The summed E-state index contributed by atoms with van der Waals surface area (Å²) in [6.45, 7) is 31.5. The third-order valence-electron chi connectivity index (χ3n) is 3.93. The summed E-state index contributed by atoms with van der Waals surface area (Å²) in [5.74, 6) is 1.32. The van der Waals surface area contributed by atoms with Gasteiger partial charge in [-0.15, -0.1) is 0 Å². The van der Waals surface area contributed by atoms with Crippen molar-refractivity contribution in [3.63, 3.8) is 0 Å². The van der Waals surface area contributed by atoms with Crippen molar-refractivity contribution in [1.82, 2.24) is 0 Å². The van der Waals surface area contributed by atoms with Gasteiger partial charge in [0, 0.05) is 18.8 Å². The summed E-state index contributed by atoms with van der Waals surface area (Å²) in [7, 11) is 0. The van der Waals surface area contributed by atoms with Gasteiger partial charge in [-0.2, -0.15) is 0 Å². The summed E-state index contributed by atoms with van der Waals surface area (Å²) < 4.78 is 0. The largest absolute Gasteiger partial charge is 0.371 e. The first kappa shape index (κ1) is 33.6. The predicted octanol–water partition coefficient (Wildman–Crippen LogP) is 9.98. The van der Waals surface area contributed by atoms with E-state index in [2.05, 4.69) is 94.7 Å². The smallest absolute Gasteiger partial charge is 0.0366 e. The quantitative estimate of drug-likeness (QED) is 0.354. The van der Waals surface area contributed by atoms with E-state index in [0.29, 0.717) is 11.8 Å². The van der Waals surface area contributed by atoms with Crippen LogP contribution in [0.15, 0.2) is 66.3 Å². The molecule has 31 heavy (non-hydrogen) atoms. The molecule has 0 heterocycles. The van der Waals surface area contributed by atoms with Crippen LogP contribution in [0, 0.1) is 11.8 Å². The Hall–Kier alpha value is -2.02. The molecule has 0 spiro atoms. The Bertz CT molecular complexity index is 602. The molecule has 1 aromatic rings. The molecular formula is C30H53N. The molecule has 0 aliphatic carbocycles. The highest BCUT2D eigenvalue weighted by molar-refractivity contribution is 5.58. The minimum atomic E-state index is 0.661. The van der Waals surface area contributed by atoms with E-state index < -0.39 is 0 Å². The standard InChI is InChI=1S/C24H35N.3C2H6/c1-8-21(6)9-10-22(7)11-12-23-13-15-24(16-14-23)25(17-19(2)3)18-20(4)5;3*1-2/h8-16,19-20H,7,17-18H2,1-6H3;3*1-2H3/b10-9-,12-11+,21-8-;;;. The van der Waals surface area contributed by atoms with E-state index in [4.69, 9.17) is 0 Å². The van der Waals surface area contributed by atoms with Gasteiger partial charge in [0.1, 0.15) is 0 Å². The molecule has 0 saturated heterocycles. The molecule has 0 aliphatic heterocycles. The molecule has 1 heteroatoms. The van der Waals surface area contributed by atoms with Crippen LogP contribution >= 0.6 is 0 Å². The van der Waals surface area contributed by atoms with Gasteiger partial charge in [-0.3, -0.25) is 0 Å². The van der Waals surface area contributed by atoms with Gasteiger partial charge < -0.3 is 4.90 Å². The number of hydrogen-bond acceptors (Lipinski definition) is 1. The molecule has 0 saturated carbocycles. The lowest BCUT2D eigenvalue weighted by atomic mass is 10.1. The molecule has 0 unspecified atom stereocenters. The van der Waals surface area contributed by atoms with Gasteiger partial charge in [-0.25, -0.2) is 0 Å². The molecule has 178 valence electrons. The van der Waals surface area contributed by atoms with Gasteiger partial charge in [-0.1, -0.05) is 124 Å². The first-order valence-corrected chi connectivity index (χ1v) is 12.3. The lowest BCUT2D eigenvalue weighted by Crippen LogP contribution is -2.31. The van der Waals surface area contributed by atoms with E-state index in [1.807, 2.05) is 54.5 Å². The van der Waals surface area contributed by atoms with Gasteiger partial charge in [-0.05, 0) is 49.0 Å². The summed E-state index contributed by atoms with van der Waals surface area (Å²) >= 11 is 0. The second-order valence-corrected chi connectivity index (χ2v) is 7.56. The number of hydrogen-bond donors (Lipinski definition) is 0. The van der Waals surface area contributed by atoms with E-state index >= 15 is 0 Å². The van der Waals surface area contributed by atoms with Gasteiger partial charge >= 0.3 is 0 Å². The second kappa shape index (κ2) is 22.7. The number of rotatable bonds is 9. The van der Waals surface area contributed by atoms with Gasteiger partial charge in [0.25, 0.3) is 0 Å². The van der Waals surface area contributed by atoms with Crippen molar-refractivity contribution in [1.29, 1.82) is 0 Å². The average molecular weight is 428 g/mol. The Morgan fingerprint density at radius 2 is 1.26 bits per heavy atom. The number of allylic oxidation sites excluding steroid dienone is 6. The van der Waals surface area contributed by atoms with Crippen LogP contribution in [0.1, 0.15) is 88.6 Å². The fourth-order valence-corrected chi connectivity index (χ4v) is 2.56. The van der Waals surface area contributed by atoms with Crippen molar-refractivity contribution in [2.24, 2.45) is 11.8 Å². The summed E-state index contributed by atoms with van der Waals surface area (Å²) in [4.78, 5) is 2.49. The monoisotopic (exact) mass is 427 g/mol. The SMILES string of the molecule is C=C(/C=C\C(C)=C/C)/C=C/c1ccc(N(CC(C)C)CC(C)C)cc1.CC.CC.CC. The van der Waals surface area contributed by atoms with Gasteiger partial charge in [0.2, 0.25) is 0 Å². The van der Waals surface area contributed by atoms with Crippen LogP contribution in [-0.4, -0.2) is 13.1 Å². The number of benzene rings is 1. The zero-order chi connectivity index (χ0) is 24.8. The minimum Gasteiger partial charge on any atom is -0.371 e. The Labute approximate surface area is 196 Å². The highest BCUT2D eigenvalue weighted by atomic mass is 15.1. The van der Waals surface area contributed by atoms with E-state index in [-0.39, 0.29) is 0 Å². The maximum Gasteiger partial charge on any atom is 0.0366 e. The van der Waals surface area contributed by atoms with Crippen LogP contribution in [0.4, 0.5) is 5.69 Å². The molecule has 0 fully saturated rings. The van der Waals surface area contributed by atoms with E-state index in [1.54, 1.807) is 0 Å². The number of anilines is 1. The maximum absolute atomic E-state index is 4.08. The van der Waals surface area contributed by atoms with Gasteiger partial charge in [0.15, 0.2) is 0 Å². The van der Waals surface area contributed by atoms with Crippen LogP contribution in [0.5, 0.6) is 0 Å². The summed E-state index contributed by atoms with van der Waals surface area (Å²) in [6, 6.07) is 8.83. The van der Waals surface area contributed by atoms with Crippen molar-refractivity contribution >= 4 is 11.8 Å². The van der Waals surface area contributed by atoms with Gasteiger partial charge in [0.05, 0.1) is 0 Å². The average Bonchev–Trinajstić information content (AvgIpc) is 2.79. The van der Waals surface area contributed by atoms with E-state index in [9.17, 15) is 0 Å². The maximum atomic E-state index is 4.08. The highest BCUT2D eigenvalue weighted by Gasteiger charge is 2.10. The highest BCUT2D eigenvalue weighted by Crippen LogP contribution is 2.19. The first-order valence-electron chi connectivity index (χ1n) is 12.3. The molecule has 1 rings (SSSR count). The first-order chi connectivity index (χ1) is 14.8. The molecule has 0 radical (unpaired) electrons. The Morgan fingerprint density at radius 1 is 0.806 bits per heavy atom. The van der Waals surface area contributed by atoms with Crippen LogP contribution < -0.4 is 4.90 Å². The third kappa shape index (κ3) is 18.5. The van der Waals surface area contributed by atoms with Crippen molar-refractivity contribution < 1.29 is 0 Å². The van der Waals surface area contributed by atoms with Crippen molar-refractivity contribution in [3.8, 4) is 0 Å².